The maximum Gasteiger partial charge on any atom is 0.278 e. The van der Waals surface area contributed by atoms with E-state index in [1.54, 1.807) is 4.57 Å². The number of hydrogen-bond acceptors (Lipinski definition) is 7. The van der Waals surface area contributed by atoms with Crippen LogP contribution in [0.15, 0.2) is 58.5 Å². The lowest BCUT2D eigenvalue weighted by atomic mass is 10.2. The van der Waals surface area contributed by atoms with Crippen LogP contribution in [-0.2, 0) is 9.53 Å². The first kappa shape index (κ1) is 24.8. The zero-order valence-electron chi connectivity index (χ0n) is 19.4. The van der Waals surface area contributed by atoms with Crippen molar-refractivity contribution in [2.45, 2.75) is 31.0 Å². The normalized spacial score (nSPS) is 15.4. The Morgan fingerprint density at radius 1 is 1.25 bits per heavy atom. The van der Waals surface area contributed by atoms with Crippen molar-refractivity contribution in [2.24, 2.45) is 0 Å². The summed E-state index contributed by atoms with van der Waals surface area (Å²) in [6.45, 7) is 3.14. The third-order valence-corrected chi connectivity index (χ3v) is 8.19. The Balaban J connectivity index is 1.56. The van der Waals surface area contributed by atoms with E-state index in [9.17, 15) is 14.0 Å². The van der Waals surface area contributed by atoms with Crippen LogP contribution in [0.1, 0.15) is 18.4 Å². The number of benzene rings is 2. The number of thioether (sulfide) groups is 1. The summed E-state index contributed by atoms with van der Waals surface area (Å²) < 4.78 is 23.3. The minimum atomic E-state index is -0.412. The molecule has 2 aromatic heterocycles. The zero-order valence-corrected chi connectivity index (χ0v) is 21.9. The molecular weight excluding hydrogens is 519 g/mol. The SMILES string of the molecule is Cc1ccccc1-n1c(=S)sc2c(=O)n(-c3ccc(F)cc3)c(SCC(=O)NC[C@H]3CCCO3)nc21. The van der Waals surface area contributed by atoms with E-state index in [0.29, 0.717) is 31.7 Å². The molecule has 0 radical (unpaired) electrons. The standard InChI is InChI=1S/C25H23FN4O3S3/c1-15-5-2-3-7-19(15)30-22-21(36-25(30)34)23(32)29(17-10-8-16(26)9-11-17)24(28-22)35-14-20(31)27-13-18-6-4-12-33-18/h2-3,5,7-11,18H,4,6,12-14H2,1H3,(H,27,31)/t18-/m1/s1. The highest BCUT2D eigenvalue weighted by Crippen LogP contribution is 2.28. The number of ether oxygens (including phenoxy) is 1. The lowest BCUT2D eigenvalue weighted by Gasteiger charge is -2.14. The van der Waals surface area contributed by atoms with E-state index in [4.69, 9.17) is 21.9 Å². The van der Waals surface area contributed by atoms with Gasteiger partial charge < -0.3 is 10.1 Å². The Morgan fingerprint density at radius 2 is 2.03 bits per heavy atom. The van der Waals surface area contributed by atoms with Gasteiger partial charge in [0.05, 0.1) is 23.2 Å². The third-order valence-electron chi connectivity index (χ3n) is 5.90. The molecule has 0 bridgehead atoms. The average Bonchev–Trinajstić information content (AvgIpc) is 3.50. The molecule has 11 heteroatoms. The van der Waals surface area contributed by atoms with Gasteiger partial charge in [-0.3, -0.25) is 18.7 Å². The third kappa shape index (κ3) is 5.01. The number of fused-ring (bicyclic) bond motifs is 1. The summed E-state index contributed by atoms with van der Waals surface area (Å²) in [7, 11) is 0. The maximum absolute atomic E-state index is 13.7. The number of rotatable bonds is 7. The summed E-state index contributed by atoms with van der Waals surface area (Å²) in [5.41, 5.74) is 2.40. The number of thiazole rings is 1. The molecule has 1 atom stereocenters. The van der Waals surface area contributed by atoms with Crippen LogP contribution in [0.2, 0.25) is 0 Å². The van der Waals surface area contributed by atoms with Gasteiger partial charge in [-0.2, -0.15) is 0 Å². The van der Waals surface area contributed by atoms with Gasteiger partial charge in [0.1, 0.15) is 10.5 Å². The summed E-state index contributed by atoms with van der Waals surface area (Å²) in [6, 6.07) is 13.3. The van der Waals surface area contributed by atoms with Gasteiger partial charge in [0.15, 0.2) is 14.8 Å². The monoisotopic (exact) mass is 542 g/mol. The Morgan fingerprint density at radius 3 is 2.75 bits per heavy atom. The number of amides is 1. The fourth-order valence-electron chi connectivity index (χ4n) is 4.09. The largest absolute Gasteiger partial charge is 0.376 e. The highest BCUT2D eigenvalue weighted by molar-refractivity contribution is 7.99. The molecule has 3 heterocycles. The summed E-state index contributed by atoms with van der Waals surface area (Å²) in [5, 5.41) is 3.21. The van der Waals surface area contributed by atoms with Crippen molar-refractivity contribution < 1.29 is 13.9 Å². The second kappa shape index (κ2) is 10.6. The van der Waals surface area contributed by atoms with E-state index < -0.39 is 5.82 Å². The van der Waals surface area contributed by atoms with E-state index in [1.807, 2.05) is 31.2 Å². The molecule has 0 saturated carbocycles. The van der Waals surface area contributed by atoms with Crippen LogP contribution >= 0.6 is 35.3 Å². The van der Waals surface area contributed by atoms with Gasteiger partial charge in [-0.25, -0.2) is 9.37 Å². The molecule has 1 aliphatic heterocycles. The molecule has 1 fully saturated rings. The highest BCUT2D eigenvalue weighted by Gasteiger charge is 2.21. The smallest absolute Gasteiger partial charge is 0.278 e. The Bertz CT molecular complexity index is 1540. The topological polar surface area (TPSA) is 78.2 Å². The van der Waals surface area contributed by atoms with Gasteiger partial charge in [0, 0.05) is 13.2 Å². The Kier molecular flexibility index (Phi) is 7.33. The Labute approximate surface area is 219 Å². The average molecular weight is 543 g/mol. The van der Waals surface area contributed by atoms with Gasteiger partial charge in [0.25, 0.3) is 5.56 Å². The van der Waals surface area contributed by atoms with Gasteiger partial charge in [-0.15, -0.1) is 0 Å². The van der Waals surface area contributed by atoms with Crippen molar-refractivity contribution in [3.63, 3.8) is 0 Å². The first-order valence-electron chi connectivity index (χ1n) is 11.4. The first-order chi connectivity index (χ1) is 17.4. The number of halogens is 1. The van der Waals surface area contributed by atoms with Crippen LogP contribution in [0.5, 0.6) is 0 Å². The van der Waals surface area contributed by atoms with Crippen molar-refractivity contribution in [1.82, 2.24) is 19.4 Å². The quantitative estimate of drug-likeness (QED) is 0.205. The fourth-order valence-corrected chi connectivity index (χ4v) is 6.21. The van der Waals surface area contributed by atoms with E-state index in [1.165, 1.54) is 40.2 Å². The molecule has 1 aliphatic rings. The van der Waals surface area contributed by atoms with Gasteiger partial charge in [-0.1, -0.05) is 41.3 Å². The van der Waals surface area contributed by atoms with Crippen molar-refractivity contribution in [3.05, 3.63) is 74.2 Å². The lowest BCUT2D eigenvalue weighted by molar-refractivity contribution is -0.119. The van der Waals surface area contributed by atoms with Crippen molar-refractivity contribution in [1.29, 1.82) is 0 Å². The number of para-hydroxylation sites is 1. The number of nitrogens with zero attached hydrogens (tertiary/aromatic N) is 3. The summed E-state index contributed by atoms with van der Waals surface area (Å²) in [5.74, 6) is -0.539. The molecule has 4 aromatic rings. The highest BCUT2D eigenvalue weighted by atomic mass is 32.2. The Hall–Kier alpha value is -2.86. The van der Waals surface area contributed by atoms with Crippen molar-refractivity contribution in [3.8, 4) is 11.4 Å². The summed E-state index contributed by atoms with van der Waals surface area (Å²) in [4.78, 5) is 31.1. The minimum Gasteiger partial charge on any atom is -0.376 e. The van der Waals surface area contributed by atoms with Crippen LogP contribution in [0.25, 0.3) is 21.7 Å². The number of carbonyl (C=O) groups is 1. The molecule has 0 spiro atoms. The molecule has 2 aromatic carbocycles. The predicted octanol–water partition coefficient (Wildman–Crippen LogP) is 4.80. The predicted molar refractivity (Wildman–Crippen MR) is 143 cm³/mol. The number of carbonyl (C=O) groups excluding carboxylic acids is 1. The fraction of sp³-hybridized carbons (Fsp3) is 0.280. The molecule has 1 N–H and O–H groups in total. The van der Waals surface area contributed by atoms with E-state index >= 15 is 0 Å². The van der Waals surface area contributed by atoms with Gasteiger partial charge >= 0.3 is 0 Å². The molecule has 1 saturated heterocycles. The summed E-state index contributed by atoms with van der Waals surface area (Å²) in [6.07, 6.45) is 1.96. The van der Waals surface area contributed by atoms with Gasteiger partial charge in [0.2, 0.25) is 5.91 Å². The van der Waals surface area contributed by atoms with E-state index in [0.717, 1.165) is 42.5 Å². The number of aromatic nitrogens is 3. The van der Waals surface area contributed by atoms with E-state index in [2.05, 4.69) is 5.32 Å². The molecule has 1 amide bonds. The molecule has 186 valence electrons. The minimum absolute atomic E-state index is 0.0372. The molecular formula is C25H23FN4O3S3. The van der Waals surface area contributed by atoms with Crippen LogP contribution in [0, 0.1) is 16.7 Å². The molecule has 5 rings (SSSR count). The number of hydrogen-bond donors (Lipinski definition) is 1. The molecule has 0 unspecified atom stereocenters. The van der Waals surface area contributed by atoms with Gasteiger partial charge in [-0.05, 0) is 67.9 Å². The van der Waals surface area contributed by atoms with Crippen molar-refractivity contribution in [2.75, 3.05) is 18.9 Å². The molecule has 7 nitrogen and oxygen atoms in total. The van der Waals surface area contributed by atoms with Crippen LogP contribution < -0.4 is 10.9 Å². The zero-order chi connectivity index (χ0) is 25.2. The molecule has 36 heavy (non-hydrogen) atoms. The maximum atomic E-state index is 13.7. The van der Waals surface area contributed by atoms with E-state index in [-0.39, 0.29) is 23.3 Å². The first-order valence-corrected chi connectivity index (χ1v) is 13.6. The number of aryl methyl sites for hydroxylation is 1. The van der Waals surface area contributed by atoms with Crippen LogP contribution in [0.4, 0.5) is 4.39 Å². The van der Waals surface area contributed by atoms with Crippen LogP contribution in [0.3, 0.4) is 0 Å². The second-order valence-corrected chi connectivity index (χ2v) is 11.0. The van der Waals surface area contributed by atoms with Crippen LogP contribution in [-0.4, -0.2) is 45.0 Å². The molecule has 0 aliphatic carbocycles. The second-order valence-electron chi connectivity index (χ2n) is 8.38. The summed E-state index contributed by atoms with van der Waals surface area (Å²) >= 11 is 7.96. The van der Waals surface area contributed by atoms with Crippen molar-refractivity contribution >= 4 is 51.6 Å². The lowest BCUT2D eigenvalue weighted by Crippen LogP contribution is -2.33. The number of nitrogens with one attached hydrogen (secondary N) is 1.